The number of fused-ring (bicyclic) bond motifs is 1. The number of aryl methyl sites for hydroxylation is 1. The summed E-state index contributed by atoms with van der Waals surface area (Å²) in [6.07, 6.45) is -0.238. The van der Waals surface area contributed by atoms with Crippen LogP contribution in [0.2, 0.25) is 0 Å². The van der Waals surface area contributed by atoms with Crippen LogP contribution < -0.4 is 4.72 Å². The van der Waals surface area contributed by atoms with Gasteiger partial charge in [0.1, 0.15) is 4.21 Å². The molecule has 3 heterocycles. The van der Waals surface area contributed by atoms with Gasteiger partial charge in [-0.15, -0.1) is 16.4 Å². The van der Waals surface area contributed by atoms with E-state index in [9.17, 15) is 8.42 Å². The van der Waals surface area contributed by atoms with E-state index in [2.05, 4.69) is 15.0 Å². The molecule has 0 spiro atoms. The SMILES string of the molecule is Cc1nnn2c1COC(CNS(=O)(=O)c1cccs1)C2. The fourth-order valence-corrected chi connectivity index (χ4v) is 4.11. The van der Waals surface area contributed by atoms with E-state index in [1.54, 1.807) is 22.2 Å². The second-order valence-corrected chi connectivity index (χ2v) is 7.46. The molecule has 1 atom stereocenters. The van der Waals surface area contributed by atoms with Crippen molar-refractivity contribution < 1.29 is 13.2 Å². The Kier molecular flexibility index (Phi) is 3.59. The van der Waals surface area contributed by atoms with Crippen molar-refractivity contribution in [2.45, 2.75) is 30.4 Å². The lowest BCUT2D eigenvalue weighted by Gasteiger charge is -2.23. The van der Waals surface area contributed by atoms with Crippen molar-refractivity contribution in [1.82, 2.24) is 19.7 Å². The third-order valence-electron chi connectivity index (χ3n) is 3.13. The lowest BCUT2D eigenvalue weighted by molar-refractivity contribution is 0.00375. The summed E-state index contributed by atoms with van der Waals surface area (Å²) in [7, 11) is -3.45. The van der Waals surface area contributed by atoms with Crippen molar-refractivity contribution in [2.24, 2.45) is 0 Å². The van der Waals surface area contributed by atoms with Gasteiger partial charge in [-0.3, -0.25) is 0 Å². The monoisotopic (exact) mass is 314 g/mol. The summed E-state index contributed by atoms with van der Waals surface area (Å²) < 4.78 is 34.3. The third-order valence-corrected chi connectivity index (χ3v) is 5.95. The molecule has 9 heteroatoms. The molecule has 3 rings (SSSR count). The van der Waals surface area contributed by atoms with Gasteiger partial charge < -0.3 is 4.74 Å². The standard InChI is InChI=1S/C11H14N4O3S2/c1-8-10-7-18-9(6-15(10)14-13-8)5-12-20(16,17)11-3-2-4-19-11/h2-4,9,12H,5-7H2,1H3. The summed E-state index contributed by atoms with van der Waals surface area (Å²) in [6, 6.07) is 3.29. The molecule has 0 radical (unpaired) electrons. The molecule has 0 bridgehead atoms. The lowest BCUT2D eigenvalue weighted by Crippen LogP contribution is -2.38. The number of hydrogen-bond acceptors (Lipinski definition) is 6. The molecule has 0 aromatic carbocycles. The number of aromatic nitrogens is 3. The molecule has 1 aliphatic heterocycles. The Morgan fingerprint density at radius 2 is 2.45 bits per heavy atom. The maximum Gasteiger partial charge on any atom is 0.250 e. The summed E-state index contributed by atoms with van der Waals surface area (Å²) in [6.45, 7) is 3.01. The van der Waals surface area contributed by atoms with E-state index in [1.165, 1.54) is 11.3 Å². The highest BCUT2D eigenvalue weighted by atomic mass is 32.2. The Morgan fingerprint density at radius 1 is 1.60 bits per heavy atom. The first-order valence-corrected chi connectivity index (χ1v) is 8.46. The van der Waals surface area contributed by atoms with Crippen LogP contribution in [0.25, 0.3) is 0 Å². The van der Waals surface area contributed by atoms with Crippen LogP contribution in [0.4, 0.5) is 0 Å². The fraction of sp³-hybridized carbons (Fsp3) is 0.455. The van der Waals surface area contributed by atoms with Crippen LogP contribution in [0.1, 0.15) is 11.4 Å². The zero-order chi connectivity index (χ0) is 14.2. The van der Waals surface area contributed by atoms with Gasteiger partial charge in [-0.2, -0.15) is 0 Å². The molecule has 2 aromatic heterocycles. The predicted molar refractivity (Wildman–Crippen MR) is 72.8 cm³/mol. The summed E-state index contributed by atoms with van der Waals surface area (Å²) in [5, 5.41) is 9.72. The molecular formula is C11H14N4O3S2. The Morgan fingerprint density at radius 3 is 3.20 bits per heavy atom. The van der Waals surface area contributed by atoms with E-state index in [0.717, 1.165) is 11.4 Å². The van der Waals surface area contributed by atoms with E-state index < -0.39 is 10.0 Å². The van der Waals surface area contributed by atoms with Crippen molar-refractivity contribution in [3.05, 3.63) is 28.9 Å². The van der Waals surface area contributed by atoms with Gasteiger partial charge in [-0.05, 0) is 18.4 Å². The molecular weight excluding hydrogens is 300 g/mol. The topological polar surface area (TPSA) is 86.1 Å². The van der Waals surface area contributed by atoms with Crippen molar-refractivity contribution in [2.75, 3.05) is 6.54 Å². The first-order valence-electron chi connectivity index (χ1n) is 6.10. The molecule has 0 amide bonds. The molecule has 0 aliphatic carbocycles. The van der Waals surface area contributed by atoms with Crippen molar-refractivity contribution >= 4 is 21.4 Å². The molecule has 1 aliphatic rings. The van der Waals surface area contributed by atoms with Gasteiger partial charge in [-0.1, -0.05) is 11.3 Å². The van der Waals surface area contributed by atoms with Crippen LogP contribution in [0.15, 0.2) is 21.7 Å². The lowest BCUT2D eigenvalue weighted by atomic mass is 10.2. The molecule has 1 N–H and O–H groups in total. The van der Waals surface area contributed by atoms with Crippen LogP contribution in [-0.4, -0.2) is 36.1 Å². The largest absolute Gasteiger partial charge is 0.369 e. The van der Waals surface area contributed by atoms with Crippen LogP contribution in [0.5, 0.6) is 0 Å². The van der Waals surface area contributed by atoms with Crippen molar-refractivity contribution in [3.63, 3.8) is 0 Å². The zero-order valence-electron chi connectivity index (χ0n) is 10.8. The minimum atomic E-state index is -3.45. The van der Waals surface area contributed by atoms with Gasteiger partial charge in [0, 0.05) is 6.54 Å². The van der Waals surface area contributed by atoms with E-state index in [1.807, 2.05) is 6.92 Å². The molecule has 7 nitrogen and oxygen atoms in total. The first kappa shape index (κ1) is 13.7. The summed E-state index contributed by atoms with van der Waals surface area (Å²) in [5.74, 6) is 0. The quantitative estimate of drug-likeness (QED) is 0.889. The molecule has 0 saturated heterocycles. The molecule has 20 heavy (non-hydrogen) atoms. The van der Waals surface area contributed by atoms with Crippen LogP contribution in [0.3, 0.4) is 0 Å². The number of rotatable bonds is 4. The third kappa shape index (κ3) is 2.62. The molecule has 2 aromatic rings. The van der Waals surface area contributed by atoms with Gasteiger partial charge in [0.2, 0.25) is 10.0 Å². The minimum absolute atomic E-state index is 0.221. The van der Waals surface area contributed by atoms with E-state index in [0.29, 0.717) is 17.4 Å². The number of nitrogens with zero attached hydrogens (tertiary/aromatic N) is 3. The normalized spacial score (nSPS) is 18.9. The molecule has 0 saturated carbocycles. The Hall–Kier alpha value is -1.29. The summed E-state index contributed by atoms with van der Waals surface area (Å²) in [4.78, 5) is 0. The Balaban J connectivity index is 1.63. The Bertz CT molecular complexity index is 693. The van der Waals surface area contributed by atoms with Crippen molar-refractivity contribution in [1.29, 1.82) is 0 Å². The predicted octanol–water partition coefficient (Wildman–Crippen LogP) is 0.525. The van der Waals surface area contributed by atoms with E-state index >= 15 is 0 Å². The number of sulfonamides is 1. The zero-order valence-corrected chi connectivity index (χ0v) is 12.4. The maximum atomic E-state index is 12.0. The van der Waals surface area contributed by atoms with Crippen LogP contribution in [-0.2, 0) is 27.9 Å². The molecule has 1 unspecified atom stereocenters. The number of hydrogen-bond donors (Lipinski definition) is 1. The highest BCUT2D eigenvalue weighted by Crippen LogP contribution is 2.17. The van der Waals surface area contributed by atoms with Gasteiger partial charge in [0.05, 0.1) is 30.6 Å². The van der Waals surface area contributed by atoms with Gasteiger partial charge in [-0.25, -0.2) is 17.8 Å². The van der Waals surface area contributed by atoms with Gasteiger partial charge in [0.25, 0.3) is 0 Å². The highest BCUT2D eigenvalue weighted by Gasteiger charge is 2.24. The van der Waals surface area contributed by atoms with Gasteiger partial charge >= 0.3 is 0 Å². The minimum Gasteiger partial charge on any atom is -0.369 e. The van der Waals surface area contributed by atoms with E-state index in [-0.39, 0.29) is 12.6 Å². The van der Waals surface area contributed by atoms with Crippen LogP contribution >= 0.6 is 11.3 Å². The summed E-state index contributed by atoms with van der Waals surface area (Å²) >= 11 is 1.19. The smallest absolute Gasteiger partial charge is 0.250 e. The molecule has 108 valence electrons. The van der Waals surface area contributed by atoms with Crippen molar-refractivity contribution in [3.8, 4) is 0 Å². The summed E-state index contributed by atoms with van der Waals surface area (Å²) in [5.41, 5.74) is 1.80. The Labute approximate surface area is 120 Å². The molecule has 0 fully saturated rings. The second-order valence-electron chi connectivity index (χ2n) is 4.52. The number of thiophene rings is 1. The number of nitrogens with one attached hydrogen (secondary N) is 1. The van der Waals surface area contributed by atoms with Crippen LogP contribution in [0, 0.1) is 6.92 Å². The average molecular weight is 314 g/mol. The second kappa shape index (κ2) is 5.24. The fourth-order valence-electron chi connectivity index (χ4n) is 2.00. The van der Waals surface area contributed by atoms with E-state index in [4.69, 9.17) is 4.74 Å². The average Bonchev–Trinajstić information content (AvgIpc) is 3.07. The highest BCUT2D eigenvalue weighted by molar-refractivity contribution is 7.91. The van der Waals surface area contributed by atoms with Gasteiger partial charge in [0.15, 0.2) is 0 Å². The maximum absolute atomic E-state index is 12.0. The number of ether oxygens (including phenoxy) is 1. The first-order chi connectivity index (χ1) is 9.56.